The molecule has 5 heteroatoms. The van der Waals surface area contributed by atoms with Gasteiger partial charge < -0.3 is 10.1 Å². The van der Waals surface area contributed by atoms with Crippen molar-refractivity contribution >= 4 is 12.0 Å². The molecule has 2 atom stereocenters. The minimum atomic E-state index is -0.723. The topological polar surface area (TPSA) is 72.0 Å². The SMILES string of the molecule is CCc1ccc([C@H]([NH2+][C@@H](C)C(=O)NC(=O)OC)C(C)C)cc1. The quantitative estimate of drug-likeness (QED) is 0.841. The Morgan fingerprint density at radius 3 is 2.23 bits per heavy atom. The molecular weight excluding hydrogens is 280 g/mol. The molecule has 0 bridgehead atoms. The van der Waals surface area contributed by atoms with Crippen LogP contribution in [0.25, 0.3) is 0 Å². The maximum absolute atomic E-state index is 12.0. The Kier molecular flexibility index (Phi) is 7.05. The number of hydrogen-bond acceptors (Lipinski definition) is 3. The third-order valence-corrected chi connectivity index (χ3v) is 3.81. The van der Waals surface area contributed by atoms with Crippen molar-refractivity contribution in [3.05, 3.63) is 35.4 Å². The van der Waals surface area contributed by atoms with Gasteiger partial charge >= 0.3 is 6.09 Å². The number of carbonyl (C=O) groups excluding carboxylic acids is 2. The number of imide groups is 1. The van der Waals surface area contributed by atoms with Crippen molar-refractivity contribution < 1.29 is 19.6 Å². The summed E-state index contributed by atoms with van der Waals surface area (Å²) in [6.45, 7) is 8.16. The van der Waals surface area contributed by atoms with E-state index in [0.717, 1.165) is 6.42 Å². The number of aryl methyl sites for hydroxylation is 1. The van der Waals surface area contributed by atoms with Crippen LogP contribution in [0.5, 0.6) is 0 Å². The van der Waals surface area contributed by atoms with E-state index >= 15 is 0 Å². The standard InChI is InChI=1S/C17H26N2O3/c1-6-13-7-9-14(10-8-13)15(11(2)3)18-12(4)16(20)19-17(21)22-5/h7-12,15,18H,6H2,1-5H3,(H,19,20,21)/p+1/t12-,15+/m0/s1. The maximum atomic E-state index is 12.0. The largest absolute Gasteiger partial charge is 0.453 e. The molecule has 0 spiro atoms. The van der Waals surface area contributed by atoms with Gasteiger partial charge in [-0.05, 0) is 18.9 Å². The zero-order valence-electron chi connectivity index (χ0n) is 14.1. The second-order valence-electron chi connectivity index (χ2n) is 5.83. The van der Waals surface area contributed by atoms with Crippen molar-refractivity contribution in [1.82, 2.24) is 5.32 Å². The molecule has 1 aromatic carbocycles. The summed E-state index contributed by atoms with van der Waals surface area (Å²) >= 11 is 0. The van der Waals surface area contributed by atoms with Gasteiger partial charge in [-0.15, -0.1) is 0 Å². The zero-order chi connectivity index (χ0) is 16.7. The summed E-state index contributed by atoms with van der Waals surface area (Å²) in [6.07, 6.45) is 0.285. The molecule has 0 fully saturated rings. The Morgan fingerprint density at radius 1 is 1.18 bits per heavy atom. The van der Waals surface area contributed by atoms with E-state index in [9.17, 15) is 9.59 Å². The van der Waals surface area contributed by atoms with E-state index < -0.39 is 6.09 Å². The summed E-state index contributed by atoms with van der Waals surface area (Å²) < 4.78 is 4.45. The van der Waals surface area contributed by atoms with Crippen molar-refractivity contribution in [1.29, 1.82) is 0 Å². The van der Waals surface area contributed by atoms with Crippen LogP contribution in [0.2, 0.25) is 0 Å². The average molecular weight is 307 g/mol. The minimum absolute atomic E-state index is 0.157. The lowest BCUT2D eigenvalue weighted by Crippen LogP contribution is -2.93. The molecule has 122 valence electrons. The number of nitrogens with one attached hydrogen (secondary N) is 1. The minimum Gasteiger partial charge on any atom is -0.453 e. The number of benzene rings is 1. The zero-order valence-corrected chi connectivity index (χ0v) is 14.1. The number of amides is 2. The first-order chi connectivity index (χ1) is 10.4. The van der Waals surface area contributed by atoms with Crippen molar-refractivity contribution in [3.63, 3.8) is 0 Å². The summed E-state index contributed by atoms with van der Waals surface area (Å²) in [4.78, 5) is 23.1. The van der Waals surface area contributed by atoms with Gasteiger partial charge in [-0.1, -0.05) is 45.0 Å². The highest BCUT2D eigenvalue weighted by Crippen LogP contribution is 2.18. The number of rotatable bonds is 6. The molecule has 0 aliphatic heterocycles. The van der Waals surface area contributed by atoms with E-state index in [-0.39, 0.29) is 18.0 Å². The Bertz CT molecular complexity index is 497. The van der Waals surface area contributed by atoms with Gasteiger partial charge in [0.15, 0.2) is 6.04 Å². The monoisotopic (exact) mass is 307 g/mol. The van der Waals surface area contributed by atoms with Crippen LogP contribution in [0.4, 0.5) is 4.79 Å². The predicted octanol–water partition coefficient (Wildman–Crippen LogP) is 1.78. The van der Waals surface area contributed by atoms with E-state index in [1.165, 1.54) is 18.2 Å². The molecule has 0 aliphatic rings. The lowest BCUT2D eigenvalue weighted by atomic mass is 9.94. The molecule has 0 aromatic heterocycles. The Balaban J connectivity index is 2.78. The van der Waals surface area contributed by atoms with Crippen LogP contribution in [0, 0.1) is 5.92 Å². The molecule has 2 amide bonds. The molecule has 0 heterocycles. The van der Waals surface area contributed by atoms with Gasteiger partial charge in [0.2, 0.25) is 0 Å². The first-order valence-corrected chi connectivity index (χ1v) is 7.71. The van der Waals surface area contributed by atoms with E-state index in [1.807, 2.05) is 5.32 Å². The number of quaternary nitrogens is 1. The van der Waals surface area contributed by atoms with E-state index in [1.54, 1.807) is 6.92 Å². The summed E-state index contributed by atoms with van der Waals surface area (Å²) in [5.41, 5.74) is 2.48. The number of ether oxygens (including phenoxy) is 1. The molecule has 0 saturated heterocycles. The molecule has 0 saturated carbocycles. The molecule has 3 N–H and O–H groups in total. The third kappa shape index (κ3) is 5.15. The van der Waals surface area contributed by atoms with Crippen LogP contribution in [0.1, 0.15) is 44.9 Å². The predicted molar refractivity (Wildman–Crippen MR) is 85.3 cm³/mol. The molecule has 0 unspecified atom stereocenters. The fraction of sp³-hybridized carbons (Fsp3) is 0.529. The summed E-state index contributed by atoms with van der Waals surface area (Å²) in [6, 6.07) is 8.26. The van der Waals surface area contributed by atoms with Gasteiger partial charge in [0.25, 0.3) is 5.91 Å². The number of carbonyl (C=O) groups is 2. The smallest absolute Gasteiger partial charge is 0.413 e. The van der Waals surface area contributed by atoms with Crippen LogP contribution in [0.15, 0.2) is 24.3 Å². The number of hydrogen-bond donors (Lipinski definition) is 2. The van der Waals surface area contributed by atoms with Crippen molar-refractivity contribution in [2.24, 2.45) is 5.92 Å². The van der Waals surface area contributed by atoms with Crippen molar-refractivity contribution in [3.8, 4) is 0 Å². The van der Waals surface area contributed by atoms with E-state index in [4.69, 9.17) is 0 Å². The lowest BCUT2D eigenvalue weighted by molar-refractivity contribution is -0.719. The van der Waals surface area contributed by atoms with Gasteiger partial charge in [0, 0.05) is 11.5 Å². The first-order valence-electron chi connectivity index (χ1n) is 7.71. The summed E-state index contributed by atoms with van der Waals surface area (Å²) in [5, 5.41) is 4.20. The molecule has 5 nitrogen and oxygen atoms in total. The molecule has 22 heavy (non-hydrogen) atoms. The van der Waals surface area contributed by atoms with Crippen LogP contribution >= 0.6 is 0 Å². The fourth-order valence-corrected chi connectivity index (χ4v) is 2.36. The first kappa shape index (κ1) is 18.2. The van der Waals surface area contributed by atoms with Crippen LogP contribution in [-0.4, -0.2) is 25.2 Å². The molecule has 0 aliphatic carbocycles. The maximum Gasteiger partial charge on any atom is 0.413 e. The van der Waals surface area contributed by atoms with Crippen LogP contribution in [0.3, 0.4) is 0 Å². The van der Waals surface area contributed by atoms with Gasteiger partial charge in [-0.2, -0.15) is 0 Å². The van der Waals surface area contributed by atoms with Crippen molar-refractivity contribution in [2.75, 3.05) is 7.11 Å². The Hall–Kier alpha value is -1.88. The van der Waals surface area contributed by atoms with Gasteiger partial charge in [0.1, 0.15) is 6.04 Å². The highest BCUT2D eigenvalue weighted by Gasteiger charge is 2.26. The Labute approximate surface area is 132 Å². The summed E-state index contributed by atoms with van der Waals surface area (Å²) in [5.74, 6) is 0.0172. The highest BCUT2D eigenvalue weighted by atomic mass is 16.5. The van der Waals surface area contributed by atoms with E-state index in [2.05, 4.69) is 55.1 Å². The molecule has 1 rings (SSSR count). The second kappa shape index (κ2) is 8.54. The van der Waals surface area contributed by atoms with Gasteiger partial charge in [-0.3, -0.25) is 10.1 Å². The van der Waals surface area contributed by atoms with Gasteiger partial charge in [-0.25, -0.2) is 4.79 Å². The lowest BCUT2D eigenvalue weighted by Gasteiger charge is -2.23. The molecule has 1 aromatic rings. The number of methoxy groups -OCH3 is 1. The van der Waals surface area contributed by atoms with Crippen LogP contribution < -0.4 is 10.6 Å². The fourth-order valence-electron chi connectivity index (χ4n) is 2.36. The normalized spacial score (nSPS) is 13.5. The number of alkyl carbamates (subject to hydrolysis) is 1. The molecular formula is C17H27N2O3+. The average Bonchev–Trinajstić information content (AvgIpc) is 2.51. The molecule has 0 radical (unpaired) electrons. The second-order valence-corrected chi connectivity index (χ2v) is 5.83. The third-order valence-electron chi connectivity index (χ3n) is 3.81. The number of nitrogens with two attached hydrogens (primary N) is 1. The van der Waals surface area contributed by atoms with Gasteiger partial charge in [0.05, 0.1) is 7.11 Å². The summed E-state index contributed by atoms with van der Waals surface area (Å²) in [7, 11) is 1.24. The van der Waals surface area contributed by atoms with Crippen LogP contribution in [-0.2, 0) is 16.0 Å². The van der Waals surface area contributed by atoms with E-state index in [0.29, 0.717) is 5.92 Å². The van der Waals surface area contributed by atoms with Crippen molar-refractivity contribution in [2.45, 2.75) is 46.2 Å². The highest BCUT2D eigenvalue weighted by molar-refractivity contribution is 5.93. The Morgan fingerprint density at radius 2 is 1.77 bits per heavy atom.